The molecule has 0 aromatic carbocycles. The monoisotopic (exact) mass is 273 g/mol. The predicted octanol–water partition coefficient (Wildman–Crippen LogP) is 1.98. The zero-order valence-electron chi connectivity index (χ0n) is 11.9. The number of carbonyl (C=O) groups is 1. The molecule has 0 atom stereocenters. The van der Waals surface area contributed by atoms with Gasteiger partial charge in [0.2, 0.25) is 11.8 Å². The van der Waals surface area contributed by atoms with E-state index in [-0.39, 0.29) is 17.9 Å². The van der Waals surface area contributed by atoms with Crippen LogP contribution in [-0.2, 0) is 4.79 Å². The first-order valence-electron chi connectivity index (χ1n) is 7.00. The van der Waals surface area contributed by atoms with Gasteiger partial charge in [-0.05, 0) is 25.0 Å². The summed E-state index contributed by atoms with van der Waals surface area (Å²) in [7, 11) is 0. The molecule has 1 aromatic heterocycles. The highest BCUT2D eigenvalue weighted by atomic mass is 16.5. The van der Waals surface area contributed by atoms with Gasteiger partial charge in [0.1, 0.15) is 17.7 Å². The number of aromatic nitrogens is 1. The van der Waals surface area contributed by atoms with E-state index in [4.69, 9.17) is 10.00 Å². The number of hydrogen-bond acceptors (Lipinski definition) is 4. The normalized spacial score (nSPS) is 14.8. The fourth-order valence-electron chi connectivity index (χ4n) is 2.32. The number of nitriles is 1. The Morgan fingerprint density at radius 1 is 1.55 bits per heavy atom. The Balaban J connectivity index is 1.88. The number of carbonyl (C=O) groups excluding carboxylic acids is 1. The van der Waals surface area contributed by atoms with E-state index in [9.17, 15) is 4.79 Å². The summed E-state index contributed by atoms with van der Waals surface area (Å²) in [5.41, 5.74) is 0.428. The predicted molar refractivity (Wildman–Crippen MR) is 74.0 cm³/mol. The van der Waals surface area contributed by atoms with E-state index in [1.165, 1.54) is 0 Å². The topological polar surface area (TPSA) is 66.2 Å². The number of amides is 1. The van der Waals surface area contributed by atoms with Gasteiger partial charge in [-0.2, -0.15) is 5.26 Å². The van der Waals surface area contributed by atoms with Gasteiger partial charge in [0.15, 0.2) is 0 Å². The van der Waals surface area contributed by atoms with Crippen molar-refractivity contribution in [3.63, 3.8) is 0 Å². The van der Waals surface area contributed by atoms with Crippen molar-refractivity contribution in [2.24, 2.45) is 5.92 Å². The van der Waals surface area contributed by atoms with Crippen LogP contribution in [0.5, 0.6) is 5.88 Å². The SMILES string of the molecule is CCC(CC)C(=O)N1CC(Oc2ncccc2C#N)C1. The first kappa shape index (κ1) is 14.3. The Labute approximate surface area is 119 Å². The Morgan fingerprint density at radius 2 is 2.25 bits per heavy atom. The highest BCUT2D eigenvalue weighted by Gasteiger charge is 2.35. The third kappa shape index (κ3) is 2.90. The lowest BCUT2D eigenvalue weighted by Crippen LogP contribution is -2.57. The van der Waals surface area contributed by atoms with Gasteiger partial charge >= 0.3 is 0 Å². The minimum Gasteiger partial charge on any atom is -0.470 e. The van der Waals surface area contributed by atoms with Gasteiger partial charge in [-0.1, -0.05) is 13.8 Å². The van der Waals surface area contributed by atoms with Crippen LogP contribution in [0, 0.1) is 17.2 Å². The minimum absolute atomic E-state index is 0.0599. The molecule has 1 saturated heterocycles. The third-order valence-corrected chi connectivity index (χ3v) is 3.66. The van der Waals surface area contributed by atoms with Crippen LogP contribution in [-0.4, -0.2) is 35.0 Å². The smallest absolute Gasteiger partial charge is 0.232 e. The molecular weight excluding hydrogens is 254 g/mol. The molecular formula is C15H19N3O2. The van der Waals surface area contributed by atoms with E-state index >= 15 is 0 Å². The van der Waals surface area contributed by atoms with Crippen LogP contribution in [0.4, 0.5) is 0 Å². The molecule has 5 nitrogen and oxygen atoms in total. The first-order chi connectivity index (χ1) is 9.69. The van der Waals surface area contributed by atoms with E-state index in [1.54, 1.807) is 18.3 Å². The van der Waals surface area contributed by atoms with Crippen LogP contribution in [0.1, 0.15) is 32.3 Å². The maximum Gasteiger partial charge on any atom is 0.232 e. The molecule has 1 aromatic rings. The lowest BCUT2D eigenvalue weighted by Gasteiger charge is -2.40. The summed E-state index contributed by atoms with van der Waals surface area (Å²) in [6.45, 7) is 5.23. The molecule has 1 aliphatic rings. The zero-order chi connectivity index (χ0) is 14.5. The van der Waals surface area contributed by atoms with Gasteiger partial charge in [0.25, 0.3) is 0 Å². The van der Waals surface area contributed by atoms with Crippen LogP contribution in [0.15, 0.2) is 18.3 Å². The van der Waals surface area contributed by atoms with Gasteiger partial charge in [-0.15, -0.1) is 0 Å². The molecule has 0 aliphatic carbocycles. The molecule has 1 aliphatic heterocycles. The van der Waals surface area contributed by atoms with Gasteiger partial charge in [-0.3, -0.25) is 4.79 Å². The van der Waals surface area contributed by atoms with E-state index < -0.39 is 0 Å². The Kier molecular flexibility index (Phi) is 4.57. The molecule has 1 fully saturated rings. The number of rotatable bonds is 5. The van der Waals surface area contributed by atoms with Crippen LogP contribution < -0.4 is 4.74 Å². The molecule has 0 N–H and O–H groups in total. The average Bonchev–Trinajstić information content (AvgIpc) is 2.43. The number of hydrogen-bond donors (Lipinski definition) is 0. The van der Waals surface area contributed by atoms with Gasteiger partial charge < -0.3 is 9.64 Å². The molecule has 2 heterocycles. The summed E-state index contributed by atoms with van der Waals surface area (Å²) in [5, 5.41) is 8.96. The van der Waals surface area contributed by atoms with E-state index in [2.05, 4.69) is 11.1 Å². The second-order valence-corrected chi connectivity index (χ2v) is 4.96. The lowest BCUT2D eigenvalue weighted by atomic mass is 9.99. The molecule has 2 rings (SSSR count). The molecule has 0 spiro atoms. The molecule has 1 amide bonds. The van der Waals surface area contributed by atoms with E-state index in [1.807, 2.05) is 18.7 Å². The van der Waals surface area contributed by atoms with Crippen LogP contribution >= 0.6 is 0 Å². The number of likely N-dealkylation sites (tertiary alicyclic amines) is 1. The summed E-state index contributed by atoms with van der Waals surface area (Å²) < 4.78 is 5.67. The van der Waals surface area contributed by atoms with Crippen LogP contribution in [0.3, 0.4) is 0 Å². The minimum atomic E-state index is -0.0599. The highest BCUT2D eigenvalue weighted by Crippen LogP contribution is 2.22. The zero-order valence-corrected chi connectivity index (χ0v) is 11.9. The highest BCUT2D eigenvalue weighted by molar-refractivity contribution is 5.79. The van der Waals surface area contributed by atoms with Crippen molar-refractivity contribution < 1.29 is 9.53 Å². The van der Waals surface area contributed by atoms with Gasteiger partial charge in [0, 0.05) is 12.1 Å². The molecule has 0 radical (unpaired) electrons. The lowest BCUT2D eigenvalue weighted by molar-refractivity contribution is -0.144. The van der Waals surface area contributed by atoms with Crippen LogP contribution in [0.25, 0.3) is 0 Å². The second-order valence-electron chi connectivity index (χ2n) is 4.96. The average molecular weight is 273 g/mol. The summed E-state index contributed by atoms with van der Waals surface area (Å²) in [5.74, 6) is 0.673. The van der Waals surface area contributed by atoms with Crippen molar-refractivity contribution >= 4 is 5.91 Å². The van der Waals surface area contributed by atoms with E-state index in [0.717, 1.165) is 12.8 Å². The van der Waals surface area contributed by atoms with Gasteiger partial charge in [-0.25, -0.2) is 4.98 Å². The van der Waals surface area contributed by atoms with Crippen molar-refractivity contribution in [2.45, 2.75) is 32.8 Å². The number of pyridine rings is 1. The molecule has 0 bridgehead atoms. The molecule has 0 saturated carbocycles. The maximum atomic E-state index is 12.1. The largest absolute Gasteiger partial charge is 0.470 e. The Morgan fingerprint density at radius 3 is 2.85 bits per heavy atom. The van der Waals surface area contributed by atoms with Crippen molar-refractivity contribution in [1.29, 1.82) is 5.26 Å². The summed E-state index contributed by atoms with van der Waals surface area (Å²) in [6, 6.07) is 5.43. The molecule has 20 heavy (non-hydrogen) atoms. The summed E-state index contributed by atoms with van der Waals surface area (Å²) >= 11 is 0. The number of ether oxygens (including phenoxy) is 1. The molecule has 5 heteroatoms. The summed E-state index contributed by atoms with van der Waals surface area (Å²) in [4.78, 5) is 18.0. The standard InChI is InChI=1S/C15H19N3O2/c1-3-11(4-2)15(19)18-9-13(10-18)20-14-12(8-16)6-5-7-17-14/h5-7,11,13H,3-4,9-10H2,1-2H3. The van der Waals surface area contributed by atoms with Crippen molar-refractivity contribution in [1.82, 2.24) is 9.88 Å². The fraction of sp³-hybridized carbons (Fsp3) is 0.533. The van der Waals surface area contributed by atoms with Crippen molar-refractivity contribution in [3.05, 3.63) is 23.9 Å². The second kappa shape index (κ2) is 6.38. The van der Waals surface area contributed by atoms with Gasteiger partial charge in [0.05, 0.1) is 13.1 Å². The maximum absolute atomic E-state index is 12.1. The number of nitrogens with zero attached hydrogens (tertiary/aromatic N) is 3. The van der Waals surface area contributed by atoms with E-state index in [0.29, 0.717) is 24.5 Å². The quantitative estimate of drug-likeness (QED) is 0.822. The van der Waals surface area contributed by atoms with Crippen molar-refractivity contribution in [3.8, 4) is 11.9 Å². The fourth-order valence-corrected chi connectivity index (χ4v) is 2.32. The molecule has 0 unspecified atom stereocenters. The Hall–Kier alpha value is -2.09. The Bertz CT molecular complexity index is 514. The molecule has 106 valence electrons. The third-order valence-electron chi connectivity index (χ3n) is 3.66. The van der Waals surface area contributed by atoms with Crippen molar-refractivity contribution in [2.75, 3.05) is 13.1 Å². The summed E-state index contributed by atoms with van der Waals surface area (Å²) in [6.07, 6.45) is 3.28. The first-order valence-corrected chi connectivity index (χ1v) is 7.00. The van der Waals surface area contributed by atoms with Crippen LogP contribution in [0.2, 0.25) is 0 Å².